The van der Waals surface area contributed by atoms with E-state index in [9.17, 15) is 13.6 Å². The van der Waals surface area contributed by atoms with Gasteiger partial charge in [-0.2, -0.15) is 4.98 Å². The number of pyridine rings is 1. The molecule has 6 nitrogen and oxygen atoms in total. The average Bonchev–Trinajstić information content (AvgIpc) is 3.21. The van der Waals surface area contributed by atoms with Gasteiger partial charge in [-0.05, 0) is 43.2 Å². The molecule has 1 aliphatic rings. The number of hydrogen-bond acceptors (Lipinski definition) is 5. The van der Waals surface area contributed by atoms with Crippen molar-refractivity contribution in [3.8, 4) is 11.4 Å². The van der Waals surface area contributed by atoms with E-state index in [-0.39, 0.29) is 36.8 Å². The summed E-state index contributed by atoms with van der Waals surface area (Å²) in [6.07, 6.45) is 3.57. The second kappa shape index (κ2) is 7.06. The number of carbonyl (C=O) groups excluding carboxylic acids is 1. The lowest BCUT2D eigenvalue weighted by atomic mass is 9.94. The largest absolute Gasteiger partial charge is 0.335 e. The monoisotopic (exact) mass is 388 g/mol. The van der Waals surface area contributed by atoms with Crippen LogP contribution in [0.4, 0.5) is 13.2 Å². The van der Waals surface area contributed by atoms with E-state index in [1.807, 2.05) is 0 Å². The standard InChI is InChI=1S/C19H15F3N4O2/c20-14-5-4-12(9-15(14)21)17(27)26-8-2-6-19(22,11-26)18-24-16(25-28-18)13-3-1-7-23-10-13/h1,3-5,7,9-10H,2,6,8,11H2. The van der Waals surface area contributed by atoms with E-state index in [1.165, 1.54) is 17.2 Å². The summed E-state index contributed by atoms with van der Waals surface area (Å²) in [4.78, 5) is 21.9. The third kappa shape index (κ3) is 3.35. The van der Waals surface area contributed by atoms with Crippen LogP contribution in [0.25, 0.3) is 11.4 Å². The lowest BCUT2D eigenvalue weighted by molar-refractivity contribution is 0.0152. The van der Waals surface area contributed by atoms with Gasteiger partial charge >= 0.3 is 0 Å². The van der Waals surface area contributed by atoms with Crippen molar-refractivity contribution in [1.29, 1.82) is 0 Å². The number of nitrogens with zero attached hydrogens (tertiary/aromatic N) is 4. The van der Waals surface area contributed by atoms with Crippen LogP contribution in [0.3, 0.4) is 0 Å². The fourth-order valence-electron chi connectivity index (χ4n) is 3.19. The Bertz CT molecular complexity index is 1010. The molecule has 0 bridgehead atoms. The number of halogens is 3. The van der Waals surface area contributed by atoms with Gasteiger partial charge in [-0.25, -0.2) is 13.2 Å². The van der Waals surface area contributed by atoms with Crippen LogP contribution in [0.2, 0.25) is 0 Å². The van der Waals surface area contributed by atoms with E-state index in [0.29, 0.717) is 12.0 Å². The first-order chi connectivity index (χ1) is 13.5. The molecule has 0 saturated carbocycles. The van der Waals surface area contributed by atoms with Crippen molar-refractivity contribution >= 4 is 5.91 Å². The molecule has 0 N–H and O–H groups in total. The molecular weight excluding hydrogens is 373 g/mol. The van der Waals surface area contributed by atoms with E-state index in [1.54, 1.807) is 18.3 Å². The zero-order valence-electron chi connectivity index (χ0n) is 14.6. The van der Waals surface area contributed by atoms with Gasteiger partial charge in [0.1, 0.15) is 0 Å². The number of rotatable bonds is 3. The fraction of sp³-hybridized carbons (Fsp3) is 0.263. The van der Waals surface area contributed by atoms with Gasteiger partial charge in [0.05, 0.1) is 6.54 Å². The summed E-state index contributed by atoms with van der Waals surface area (Å²) >= 11 is 0. The molecular formula is C19H15F3N4O2. The Kier molecular flexibility index (Phi) is 4.58. The zero-order valence-corrected chi connectivity index (χ0v) is 14.6. The van der Waals surface area contributed by atoms with Crippen molar-refractivity contribution < 1.29 is 22.5 Å². The van der Waals surface area contributed by atoms with Crippen LogP contribution < -0.4 is 0 Å². The highest BCUT2D eigenvalue weighted by molar-refractivity contribution is 5.94. The van der Waals surface area contributed by atoms with Crippen molar-refractivity contribution in [2.24, 2.45) is 0 Å². The fourth-order valence-corrected chi connectivity index (χ4v) is 3.19. The maximum Gasteiger partial charge on any atom is 0.266 e. The van der Waals surface area contributed by atoms with Gasteiger partial charge in [-0.3, -0.25) is 9.78 Å². The molecule has 4 rings (SSSR count). The maximum absolute atomic E-state index is 15.6. The van der Waals surface area contributed by atoms with Gasteiger partial charge in [0.2, 0.25) is 11.5 Å². The number of amides is 1. The van der Waals surface area contributed by atoms with Crippen molar-refractivity contribution in [3.05, 3.63) is 65.8 Å². The smallest absolute Gasteiger partial charge is 0.266 e. The number of benzene rings is 1. The number of carbonyl (C=O) groups is 1. The highest BCUT2D eigenvalue weighted by atomic mass is 19.2. The molecule has 1 saturated heterocycles. The minimum absolute atomic E-state index is 0.0512. The summed E-state index contributed by atoms with van der Waals surface area (Å²) < 4.78 is 47.2. The Morgan fingerprint density at radius 2 is 2.07 bits per heavy atom. The van der Waals surface area contributed by atoms with Gasteiger partial charge in [0.15, 0.2) is 11.6 Å². The van der Waals surface area contributed by atoms with Crippen molar-refractivity contribution in [2.45, 2.75) is 18.5 Å². The van der Waals surface area contributed by atoms with E-state index >= 15 is 4.39 Å². The van der Waals surface area contributed by atoms with Gasteiger partial charge < -0.3 is 9.42 Å². The van der Waals surface area contributed by atoms with E-state index < -0.39 is 23.2 Å². The number of aromatic nitrogens is 3. The Balaban J connectivity index is 1.56. The lowest BCUT2D eigenvalue weighted by Crippen LogP contribution is -2.46. The number of piperidine rings is 1. The van der Waals surface area contributed by atoms with Crippen LogP contribution in [0, 0.1) is 11.6 Å². The third-order valence-corrected chi connectivity index (χ3v) is 4.63. The van der Waals surface area contributed by atoms with Gasteiger partial charge in [0, 0.05) is 30.1 Å². The van der Waals surface area contributed by atoms with Crippen LogP contribution >= 0.6 is 0 Å². The molecule has 1 unspecified atom stereocenters. The van der Waals surface area contributed by atoms with Crippen LogP contribution in [0.15, 0.2) is 47.2 Å². The first kappa shape index (κ1) is 18.1. The summed E-state index contributed by atoms with van der Waals surface area (Å²) in [6.45, 7) is -0.0351. The molecule has 28 heavy (non-hydrogen) atoms. The molecule has 1 aromatic carbocycles. The molecule has 0 spiro atoms. The van der Waals surface area contributed by atoms with Crippen molar-refractivity contribution in [2.75, 3.05) is 13.1 Å². The first-order valence-electron chi connectivity index (χ1n) is 8.64. The van der Waals surface area contributed by atoms with Gasteiger partial charge in [-0.15, -0.1) is 0 Å². The topological polar surface area (TPSA) is 72.1 Å². The molecule has 9 heteroatoms. The maximum atomic E-state index is 15.6. The van der Waals surface area contributed by atoms with Crippen LogP contribution in [-0.4, -0.2) is 39.0 Å². The van der Waals surface area contributed by atoms with Crippen molar-refractivity contribution in [3.63, 3.8) is 0 Å². The molecule has 1 fully saturated rings. The quantitative estimate of drug-likeness (QED) is 0.687. The normalized spacial score (nSPS) is 19.6. The predicted octanol–water partition coefficient (Wildman–Crippen LogP) is 3.51. The molecule has 3 heterocycles. The third-order valence-electron chi connectivity index (χ3n) is 4.63. The highest BCUT2D eigenvalue weighted by Crippen LogP contribution is 2.36. The second-order valence-corrected chi connectivity index (χ2v) is 6.59. The van der Waals surface area contributed by atoms with Gasteiger partial charge in [0.25, 0.3) is 11.8 Å². The Morgan fingerprint density at radius 3 is 2.82 bits per heavy atom. The van der Waals surface area contributed by atoms with Crippen LogP contribution in [-0.2, 0) is 5.67 Å². The van der Waals surface area contributed by atoms with Crippen LogP contribution in [0.5, 0.6) is 0 Å². The molecule has 0 aliphatic carbocycles. The molecule has 2 aromatic heterocycles. The molecule has 0 radical (unpaired) electrons. The minimum atomic E-state index is -2.03. The lowest BCUT2D eigenvalue weighted by Gasteiger charge is -2.35. The van der Waals surface area contributed by atoms with Gasteiger partial charge in [-0.1, -0.05) is 5.16 Å². The molecule has 1 amide bonds. The molecule has 144 valence electrons. The van der Waals surface area contributed by atoms with Crippen molar-refractivity contribution in [1.82, 2.24) is 20.0 Å². The average molecular weight is 388 g/mol. The Labute approximate surface area is 158 Å². The SMILES string of the molecule is O=C(c1ccc(F)c(F)c1)N1CCCC(F)(c2nc(-c3cccnc3)no2)C1. The van der Waals surface area contributed by atoms with E-state index in [0.717, 1.165) is 12.1 Å². The minimum Gasteiger partial charge on any atom is -0.335 e. The van der Waals surface area contributed by atoms with E-state index in [4.69, 9.17) is 4.52 Å². The zero-order chi connectivity index (χ0) is 19.7. The Hall–Kier alpha value is -3.23. The summed E-state index contributed by atoms with van der Waals surface area (Å²) in [6, 6.07) is 6.25. The summed E-state index contributed by atoms with van der Waals surface area (Å²) in [5.74, 6) is -2.80. The molecule has 1 aliphatic heterocycles. The number of alkyl halides is 1. The number of likely N-dealkylation sites (tertiary alicyclic amines) is 1. The number of hydrogen-bond donors (Lipinski definition) is 0. The summed E-state index contributed by atoms with van der Waals surface area (Å²) in [7, 11) is 0. The predicted molar refractivity (Wildman–Crippen MR) is 91.8 cm³/mol. The highest BCUT2D eigenvalue weighted by Gasteiger charge is 2.44. The summed E-state index contributed by atoms with van der Waals surface area (Å²) in [5, 5.41) is 3.80. The Morgan fingerprint density at radius 1 is 1.21 bits per heavy atom. The summed E-state index contributed by atoms with van der Waals surface area (Å²) in [5.41, 5.74) is -1.50. The molecule has 3 aromatic rings. The van der Waals surface area contributed by atoms with E-state index in [2.05, 4.69) is 15.1 Å². The second-order valence-electron chi connectivity index (χ2n) is 6.59. The first-order valence-corrected chi connectivity index (χ1v) is 8.64. The van der Waals surface area contributed by atoms with Crippen LogP contribution in [0.1, 0.15) is 29.1 Å². The molecule has 1 atom stereocenters.